The predicted molar refractivity (Wildman–Crippen MR) is 127 cm³/mol. The van der Waals surface area contributed by atoms with Crippen molar-refractivity contribution < 1.29 is 14.0 Å². The van der Waals surface area contributed by atoms with Crippen LogP contribution < -0.4 is 16.0 Å². The molecule has 4 heterocycles. The molecule has 0 bridgehead atoms. The van der Waals surface area contributed by atoms with Gasteiger partial charge in [0.2, 0.25) is 5.82 Å². The maximum absolute atomic E-state index is 14.6. The molecule has 2 aromatic heterocycles. The van der Waals surface area contributed by atoms with Crippen LogP contribution in [0.25, 0.3) is 22.8 Å². The Morgan fingerprint density at radius 1 is 1.00 bits per heavy atom. The van der Waals surface area contributed by atoms with Crippen LogP contribution in [0.1, 0.15) is 17.0 Å². The number of hydrogen-bond acceptors (Lipinski definition) is 9. The molecule has 3 N–H and O–H groups in total. The summed E-state index contributed by atoms with van der Waals surface area (Å²) in [6.45, 7) is 2.20. The number of benzene rings is 2. The van der Waals surface area contributed by atoms with E-state index in [1.165, 1.54) is 6.07 Å². The number of anilines is 1. The highest BCUT2D eigenvalue weighted by molar-refractivity contribution is 5.96. The van der Waals surface area contributed by atoms with E-state index in [0.717, 1.165) is 23.2 Å². The average Bonchev–Trinajstić information content (AvgIpc) is 3.52. The first-order chi connectivity index (χ1) is 17.2. The van der Waals surface area contributed by atoms with Crippen molar-refractivity contribution in [2.24, 2.45) is 0 Å². The van der Waals surface area contributed by atoms with E-state index in [1.807, 2.05) is 36.4 Å². The van der Waals surface area contributed by atoms with Crippen molar-refractivity contribution >= 4 is 17.1 Å². The van der Waals surface area contributed by atoms with Crippen molar-refractivity contribution in [2.75, 3.05) is 18.1 Å². The molecule has 0 saturated carbocycles. The summed E-state index contributed by atoms with van der Waals surface area (Å²) in [5.41, 5.74) is 10.3. The Morgan fingerprint density at radius 2 is 1.77 bits per heavy atom. The number of hydrogen-bond donors (Lipinski definition) is 3. The maximum Gasteiger partial charge on any atom is 0.277 e. The Bertz CT molecular complexity index is 1370. The lowest BCUT2D eigenvalue weighted by molar-refractivity contribution is -0.00286. The van der Waals surface area contributed by atoms with Crippen molar-refractivity contribution in [2.45, 2.75) is 12.6 Å². The van der Waals surface area contributed by atoms with Gasteiger partial charge in [0.05, 0.1) is 17.5 Å². The zero-order valence-electron chi connectivity index (χ0n) is 18.6. The smallest absolute Gasteiger partial charge is 0.277 e. The molecule has 0 aliphatic carbocycles. The summed E-state index contributed by atoms with van der Waals surface area (Å²) in [7, 11) is 0. The van der Waals surface area contributed by atoms with E-state index >= 15 is 0 Å². The highest BCUT2D eigenvalue weighted by Gasteiger charge is 2.31. The van der Waals surface area contributed by atoms with Gasteiger partial charge in [-0.1, -0.05) is 41.6 Å². The molecule has 2 aliphatic rings. The lowest BCUT2D eigenvalue weighted by Gasteiger charge is -2.35. The number of nitrogens with zero attached hydrogens (tertiary/aromatic N) is 5. The summed E-state index contributed by atoms with van der Waals surface area (Å²) in [6, 6.07) is 18.1. The SMILES string of the molecule is OC1CN(Cc2ccc(-c3noc(C4=C(c5ccncc5)N(c5ccccc5F)NN4)n3)cc2)C1. The third-order valence-electron chi connectivity index (χ3n) is 6.00. The fourth-order valence-electron chi connectivity index (χ4n) is 4.22. The standard InChI is InChI=1S/C25H22FN7O2/c26-20-3-1-2-4-21(20)33-23(17-9-11-27-12-10-17)22(29-31-33)25-28-24(30-35-25)18-7-5-16(6-8-18)13-32-14-19(34)15-32/h1-12,19,29,31,34H,13-15H2. The average molecular weight is 471 g/mol. The number of halogens is 1. The van der Waals surface area contributed by atoms with Crippen molar-refractivity contribution in [3.05, 3.63) is 95.9 Å². The molecule has 10 heteroatoms. The zero-order valence-corrected chi connectivity index (χ0v) is 18.6. The van der Waals surface area contributed by atoms with Crippen molar-refractivity contribution in [1.29, 1.82) is 0 Å². The summed E-state index contributed by atoms with van der Waals surface area (Å²) in [4.78, 5) is 10.9. The van der Waals surface area contributed by atoms with Crippen LogP contribution in [0, 0.1) is 5.82 Å². The Morgan fingerprint density at radius 3 is 2.51 bits per heavy atom. The number of β-amino-alcohol motifs (C(OH)–C–C–N with tert-alkyl or cyclic N) is 1. The molecule has 1 fully saturated rings. The maximum atomic E-state index is 14.6. The van der Waals surface area contributed by atoms with Gasteiger partial charge in [0.25, 0.3) is 5.89 Å². The molecule has 2 aromatic carbocycles. The number of pyridine rings is 1. The van der Waals surface area contributed by atoms with Gasteiger partial charge in [-0.2, -0.15) is 4.98 Å². The minimum absolute atomic E-state index is 0.216. The largest absolute Gasteiger partial charge is 0.390 e. The van der Waals surface area contributed by atoms with Crippen LogP contribution in [-0.4, -0.2) is 44.3 Å². The number of aromatic nitrogens is 3. The van der Waals surface area contributed by atoms with Crippen molar-refractivity contribution in [1.82, 2.24) is 31.0 Å². The number of nitrogens with one attached hydrogen (secondary N) is 2. The Labute approximate surface area is 200 Å². The number of aliphatic hydroxyl groups is 1. The van der Waals surface area contributed by atoms with E-state index in [0.29, 0.717) is 36.0 Å². The van der Waals surface area contributed by atoms with Gasteiger partial charge in [0.15, 0.2) is 0 Å². The van der Waals surface area contributed by atoms with E-state index in [1.54, 1.807) is 35.6 Å². The van der Waals surface area contributed by atoms with Crippen LogP contribution in [0.3, 0.4) is 0 Å². The second-order valence-corrected chi connectivity index (χ2v) is 8.45. The molecule has 176 valence electrons. The first kappa shape index (κ1) is 21.4. The number of likely N-dealkylation sites (tertiary alicyclic amines) is 1. The highest BCUT2D eigenvalue weighted by Crippen LogP contribution is 2.34. The second-order valence-electron chi connectivity index (χ2n) is 8.45. The van der Waals surface area contributed by atoms with E-state index in [-0.39, 0.29) is 17.8 Å². The van der Waals surface area contributed by atoms with Crippen LogP contribution in [0.15, 0.2) is 77.6 Å². The molecule has 4 aromatic rings. The normalized spacial score (nSPS) is 16.5. The first-order valence-corrected chi connectivity index (χ1v) is 11.2. The van der Waals surface area contributed by atoms with Crippen LogP contribution >= 0.6 is 0 Å². The molecule has 0 unspecified atom stereocenters. The van der Waals surface area contributed by atoms with Gasteiger partial charge in [-0.15, -0.1) is 5.53 Å². The molecule has 2 aliphatic heterocycles. The lowest BCUT2D eigenvalue weighted by atomic mass is 10.1. The van der Waals surface area contributed by atoms with Crippen LogP contribution in [0.2, 0.25) is 0 Å². The van der Waals surface area contributed by atoms with Crippen LogP contribution in [0.5, 0.6) is 0 Å². The van der Waals surface area contributed by atoms with Crippen LogP contribution in [-0.2, 0) is 6.54 Å². The fraction of sp³-hybridized carbons (Fsp3) is 0.160. The molecular formula is C25H22FN7O2. The van der Waals surface area contributed by atoms with Gasteiger partial charge in [-0.25, -0.2) is 4.39 Å². The molecule has 35 heavy (non-hydrogen) atoms. The van der Waals surface area contributed by atoms with Gasteiger partial charge in [0.1, 0.15) is 11.5 Å². The lowest BCUT2D eigenvalue weighted by Crippen LogP contribution is -2.49. The minimum atomic E-state index is -0.381. The van der Waals surface area contributed by atoms with Gasteiger partial charge in [0, 0.05) is 43.2 Å². The monoisotopic (exact) mass is 471 g/mol. The number of rotatable bonds is 6. The van der Waals surface area contributed by atoms with E-state index in [9.17, 15) is 9.50 Å². The van der Waals surface area contributed by atoms with E-state index < -0.39 is 0 Å². The third-order valence-corrected chi connectivity index (χ3v) is 6.00. The zero-order chi connectivity index (χ0) is 23.8. The van der Waals surface area contributed by atoms with Crippen molar-refractivity contribution in [3.8, 4) is 11.4 Å². The first-order valence-electron chi connectivity index (χ1n) is 11.2. The Kier molecular flexibility index (Phi) is 5.45. The van der Waals surface area contributed by atoms with E-state index in [2.05, 4.69) is 31.0 Å². The molecule has 0 atom stereocenters. The van der Waals surface area contributed by atoms with Crippen molar-refractivity contribution in [3.63, 3.8) is 0 Å². The number of aliphatic hydroxyl groups excluding tert-OH is 1. The predicted octanol–water partition coefficient (Wildman–Crippen LogP) is 2.80. The van der Waals surface area contributed by atoms with Gasteiger partial charge in [-0.05, 0) is 29.8 Å². The Hall–Kier alpha value is -4.12. The molecule has 0 amide bonds. The van der Waals surface area contributed by atoms with Gasteiger partial charge in [-0.3, -0.25) is 20.3 Å². The molecule has 6 rings (SSSR count). The van der Waals surface area contributed by atoms with Gasteiger partial charge < -0.3 is 9.63 Å². The third kappa shape index (κ3) is 4.14. The molecule has 0 spiro atoms. The molecule has 1 saturated heterocycles. The quantitative estimate of drug-likeness (QED) is 0.392. The molecule has 0 radical (unpaired) electrons. The highest BCUT2D eigenvalue weighted by atomic mass is 19.1. The molecular weight excluding hydrogens is 449 g/mol. The fourth-order valence-corrected chi connectivity index (χ4v) is 4.22. The summed E-state index contributed by atoms with van der Waals surface area (Å²) in [5, 5.41) is 15.2. The topological polar surface area (TPSA) is 103 Å². The molecule has 9 nitrogen and oxygen atoms in total. The summed E-state index contributed by atoms with van der Waals surface area (Å²) in [5.74, 6) is 0.323. The minimum Gasteiger partial charge on any atom is -0.390 e. The van der Waals surface area contributed by atoms with E-state index in [4.69, 9.17) is 4.52 Å². The summed E-state index contributed by atoms with van der Waals surface area (Å²) in [6.07, 6.45) is 3.12. The van der Waals surface area contributed by atoms with Gasteiger partial charge >= 0.3 is 0 Å². The Balaban J connectivity index is 1.32. The second kappa shape index (κ2) is 8.91. The number of hydrazine groups is 2. The summed E-state index contributed by atoms with van der Waals surface area (Å²) >= 11 is 0. The summed E-state index contributed by atoms with van der Waals surface area (Å²) < 4.78 is 20.2. The number of para-hydroxylation sites is 1. The van der Waals surface area contributed by atoms with Crippen LogP contribution in [0.4, 0.5) is 10.1 Å².